The molecule has 0 unspecified atom stereocenters. The third kappa shape index (κ3) is 2.92. The van der Waals surface area contributed by atoms with Crippen molar-refractivity contribution in [2.45, 2.75) is 0 Å². The molecule has 0 aromatic heterocycles. The Morgan fingerprint density at radius 3 is 2.60 bits per heavy atom. The standard InChI is InChI=1S/C13H8ClFN2O3/c14-10-4-2-1-3-9(10)13(18)16-8-5-6-11(15)12(7-8)17(19)20/h1-7H,(H,16,18). The van der Waals surface area contributed by atoms with E-state index in [0.29, 0.717) is 0 Å². The van der Waals surface area contributed by atoms with E-state index in [9.17, 15) is 19.3 Å². The molecule has 5 nitrogen and oxygen atoms in total. The van der Waals surface area contributed by atoms with Crippen molar-refractivity contribution in [2.75, 3.05) is 5.32 Å². The smallest absolute Gasteiger partial charge is 0.306 e. The van der Waals surface area contributed by atoms with Crippen LogP contribution < -0.4 is 5.32 Å². The first-order chi connectivity index (χ1) is 9.49. The van der Waals surface area contributed by atoms with Crippen molar-refractivity contribution in [3.05, 3.63) is 69.0 Å². The van der Waals surface area contributed by atoms with Crippen LogP contribution in [0.5, 0.6) is 0 Å². The minimum atomic E-state index is -0.967. The summed E-state index contributed by atoms with van der Waals surface area (Å²) in [6, 6.07) is 9.45. The highest BCUT2D eigenvalue weighted by Crippen LogP contribution is 2.23. The van der Waals surface area contributed by atoms with Gasteiger partial charge in [0, 0.05) is 11.8 Å². The van der Waals surface area contributed by atoms with Crippen LogP contribution in [0.3, 0.4) is 0 Å². The fourth-order valence-electron chi connectivity index (χ4n) is 1.57. The van der Waals surface area contributed by atoms with Gasteiger partial charge in [-0.2, -0.15) is 4.39 Å². The van der Waals surface area contributed by atoms with Gasteiger partial charge < -0.3 is 5.32 Å². The Labute approximate surface area is 118 Å². The van der Waals surface area contributed by atoms with Crippen molar-refractivity contribution in [2.24, 2.45) is 0 Å². The highest BCUT2D eigenvalue weighted by atomic mass is 35.5. The van der Waals surface area contributed by atoms with Crippen molar-refractivity contribution in [3.63, 3.8) is 0 Å². The molecular formula is C13H8ClFN2O3. The van der Waals surface area contributed by atoms with Crippen molar-refractivity contribution < 1.29 is 14.1 Å². The number of nitrogens with zero attached hydrogens (tertiary/aromatic N) is 1. The van der Waals surface area contributed by atoms with Gasteiger partial charge in [0.2, 0.25) is 5.82 Å². The minimum absolute atomic E-state index is 0.114. The zero-order valence-corrected chi connectivity index (χ0v) is 10.7. The fraction of sp³-hybridized carbons (Fsp3) is 0. The lowest BCUT2D eigenvalue weighted by atomic mass is 10.2. The molecule has 0 fully saturated rings. The molecule has 20 heavy (non-hydrogen) atoms. The summed E-state index contributed by atoms with van der Waals surface area (Å²) in [4.78, 5) is 21.7. The molecule has 0 aliphatic carbocycles. The van der Waals surface area contributed by atoms with Gasteiger partial charge in [-0.25, -0.2) is 0 Å². The molecule has 0 saturated heterocycles. The predicted octanol–water partition coefficient (Wildman–Crippen LogP) is 3.64. The maximum absolute atomic E-state index is 13.2. The summed E-state index contributed by atoms with van der Waals surface area (Å²) in [6.07, 6.45) is 0. The van der Waals surface area contributed by atoms with Gasteiger partial charge in [-0.1, -0.05) is 23.7 Å². The van der Waals surface area contributed by atoms with E-state index in [-0.39, 0.29) is 16.3 Å². The van der Waals surface area contributed by atoms with Crippen LogP contribution in [0.2, 0.25) is 5.02 Å². The first-order valence-corrected chi connectivity index (χ1v) is 5.86. The second-order valence-electron chi connectivity index (χ2n) is 3.86. The minimum Gasteiger partial charge on any atom is -0.322 e. The van der Waals surface area contributed by atoms with E-state index >= 15 is 0 Å². The quantitative estimate of drug-likeness (QED) is 0.694. The first-order valence-electron chi connectivity index (χ1n) is 5.49. The molecule has 0 atom stereocenters. The molecule has 0 radical (unpaired) electrons. The summed E-state index contributed by atoms with van der Waals surface area (Å²) in [6.45, 7) is 0. The molecule has 0 saturated carbocycles. The molecule has 1 amide bonds. The van der Waals surface area contributed by atoms with Crippen LogP contribution in [0.15, 0.2) is 42.5 Å². The van der Waals surface area contributed by atoms with Crippen molar-refractivity contribution in [1.29, 1.82) is 0 Å². The fourth-order valence-corrected chi connectivity index (χ4v) is 1.80. The summed E-state index contributed by atoms with van der Waals surface area (Å²) < 4.78 is 13.2. The summed E-state index contributed by atoms with van der Waals surface area (Å²) in [7, 11) is 0. The van der Waals surface area contributed by atoms with Gasteiger partial charge >= 0.3 is 5.69 Å². The molecule has 2 rings (SSSR count). The van der Waals surface area contributed by atoms with E-state index in [1.54, 1.807) is 18.2 Å². The summed E-state index contributed by atoms with van der Waals surface area (Å²) in [5.41, 5.74) is -0.369. The van der Waals surface area contributed by atoms with Crippen LogP contribution in [0.1, 0.15) is 10.4 Å². The van der Waals surface area contributed by atoms with E-state index in [1.165, 1.54) is 12.1 Å². The zero-order valence-electron chi connectivity index (χ0n) is 9.97. The van der Waals surface area contributed by atoms with Crippen LogP contribution in [-0.2, 0) is 0 Å². The molecule has 102 valence electrons. The van der Waals surface area contributed by atoms with Gasteiger partial charge in [-0.15, -0.1) is 0 Å². The second-order valence-corrected chi connectivity index (χ2v) is 4.26. The predicted molar refractivity (Wildman–Crippen MR) is 72.5 cm³/mol. The zero-order chi connectivity index (χ0) is 14.7. The molecule has 0 heterocycles. The molecule has 7 heteroatoms. The number of halogens is 2. The summed E-state index contributed by atoms with van der Waals surface area (Å²) in [5, 5.41) is 13.3. The number of benzene rings is 2. The second kappa shape index (κ2) is 5.66. The lowest BCUT2D eigenvalue weighted by Gasteiger charge is -2.06. The van der Waals surface area contributed by atoms with Gasteiger partial charge in [0.15, 0.2) is 0 Å². The Morgan fingerprint density at radius 2 is 1.95 bits per heavy atom. The van der Waals surface area contributed by atoms with E-state index in [0.717, 1.165) is 12.1 Å². The number of nitro benzene ring substituents is 1. The molecule has 0 aliphatic rings. The number of anilines is 1. The summed E-state index contributed by atoms with van der Waals surface area (Å²) >= 11 is 5.86. The monoisotopic (exact) mass is 294 g/mol. The van der Waals surface area contributed by atoms with Crippen LogP contribution in [-0.4, -0.2) is 10.8 Å². The highest BCUT2D eigenvalue weighted by molar-refractivity contribution is 6.34. The van der Waals surface area contributed by atoms with E-state index in [2.05, 4.69) is 5.32 Å². The molecule has 2 aromatic rings. The highest BCUT2D eigenvalue weighted by Gasteiger charge is 2.16. The molecule has 0 bridgehead atoms. The van der Waals surface area contributed by atoms with Crippen LogP contribution in [0.4, 0.5) is 15.8 Å². The van der Waals surface area contributed by atoms with Crippen molar-refractivity contribution in [1.82, 2.24) is 0 Å². The van der Waals surface area contributed by atoms with Crippen molar-refractivity contribution in [3.8, 4) is 0 Å². The number of nitrogens with one attached hydrogen (secondary N) is 1. The molecule has 0 aliphatic heterocycles. The lowest BCUT2D eigenvalue weighted by Crippen LogP contribution is -2.12. The van der Waals surface area contributed by atoms with Gasteiger partial charge in [0.25, 0.3) is 5.91 Å². The van der Waals surface area contributed by atoms with Gasteiger partial charge in [0.1, 0.15) is 0 Å². The molecular weight excluding hydrogens is 287 g/mol. The number of rotatable bonds is 3. The Morgan fingerprint density at radius 1 is 1.25 bits per heavy atom. The van der Waals surface area contributed by atoms with Crippen molar-refractivity contribution >= 4 is 28.9 Å². The van der Waals surface area contributed by atoms with Crippen LogP contribution in [0, 0.1) is 15.9 Å². The third-order valence-electron chi connectivity index (χ3n) is 2.52. The number of nitro groups is 1. The molecule has 1 N–H and O–H groups in total. The lowest BCUT2D eigenvalue weighted by molar-refractivity contribution is -0.387. The first kappa shape index (κ1) is 14.0. The Balaban J connectivity index is 2.27. The number of carbonyl (C=O) groups excluding carboxylic acids is 1. The average molecular weight is 295 g/mol. The normalized spacial score (nSPS) is 10.1. The number of amides is 1. The Bertz CT molecular complexity index is 691. The maximum Gasteiger partial charge on any atom is 0.306 e. The number of hydrogen-bond donors (Lipinski definition) is 1. The largest absolute Gasteiger partial charge is 0.322 e. The van der Waals surface area contributed by atoms with Gasteiger partial charge in [0.05, 0.1) is 15.5 Å². The van der Waals surface area contributed by atoms with E-state index in [1.807, 2.05) is 0 Å². The van der Waals surface area contributed by atoms with Crippen LogP contribution >= 0.6 is 11.6 Å². The Kier molecular flexibility index (Phi) is 3.95. The van der Waals surface area contributed by atoms with Gasteiger partial charge in [-0.05, 0) is 24.3 Å². The summed E-state index contributed by atoms with van der Waals surface area (Å²) in [5.74, 6) is -1.50. The number of hydrogen-bond acceptors (Lipinski definition) is 3. The Hall–Kier alpha value is -2.47. The van der Waals surface area contributed by atoms with Gasteiger partial charge in [-0.3, -0.25) is 14.9 Å². The van der Waals surface area contributed by atoms with E-state index in [4.69, 9.17) is 11.6 Å². The third-order valence-corrected chi connectivity index (χ3v) is 2.85. The topological polar surface area (TPSA) is 72.2 Å². The van der Waals surface area contributed by atoms with E-state index < -0.39 is 22.3 Å². The maximum atomic E-state index is 13.2. The molecule has 0 spiro atoms. The van der Waals surface area contributed by atoms with Crippen LogP contribution in [0.25, 0.3) is 0 Å². The number of carbonyl (C=O) groups is 1. The SMILES string of the molecule is O=C(Nc1ccc(F)c([N+](=O)[O-])c1)c1ccccc1Cl. The molecule has 2 aromatic carbocycles. The average Bonchev–Trinajstić information content (AvgIpc) is 2.41.